The van der Waals surface area contributed by atoms with E-state index in [2.05, 4.69) is 60.1 Å². The van der Waals surface area contributed by atoms with E-state index in [0.29, 0.717) is 6.04 Å². The number of hydrogen-bond donors (Lipinski definition) is 1. The van der Waals surface area contributed by atoms with Crippen LogP contribution < -0.4 is 0 Å². The minimum absolute atomic E-state index is 0.560. The van der Waals surface area contributed by atoms with Crippen LogP contribution in [0.5, 0.6) is 0 Å². The average molecular weight is 302 g/mol. The molecule has 2 aliphatic heterocycles. The fourth-order valence-corrected chi connectivity index (χ4v) is 4.62. The number of aromatic amines is 1. The van der Waals surface area contributed by atoms with Crippen LogP contribution in [0.1, 0.15) is 39.6 Å². The largest absolute Gasteiger partial charge is 0.358 e. The molecule has 5 rings (SSSR count). The Kier molecular flexibility index (Phi) is 2.75. The molecule has 3 heterocycles. The van der Waals surface area contributed by atoms with Crippen molar-refractivity contribution < 1.29 is 0 Å². The number of nitrogens with one attached hydrogen (secondary N) is 1. The van der Waals surface area contributed by atoms with Gasteiger partial charge in [0.15, 0.2) is 0 Å². The molecular weight excluding hydrogens is 280 g/mol. The van der Waals surface area contributed by atoms with E-state index in [-0.39, 0.29) is 0 Å². The molecule has 3 aromatic rings. The zero-order valence-corrected chi connectivity index (χ0v) is 13.8. The standard InChI is InChI=1S/C21H22N2/c1-13-14(2)22-19-8-7-16-11-20-17-6-4-3-5-15(17)9-10-23(20)12-18(16)21(13)19/h3-8,20,22H,9-12H2,1-2H3. The van der Waals surface area contributed by atoms with Gasteiger partial charge in [-0.05, 0) is 60.6 Å². The molecule has 0 amide bonds. The first kappa shape index (κ1) is 13.4. The van der Waals surface area contributed by atoms with Crippen molar-refractivity contribution in [2.24, 2.45) is 0 Å². The van der Waals surface area contributed by atoms with Crippen LogP contribution in [0, 0.1) is 13.8 Å². The van der Waals surface area contributed by atoms with Gasteiger partial charge in [-0.2, -0.15) is 0 Å². The van der Waals surface area contributed by atoms with Crippen molar-refractivity contribution >= 4 is 10.9 Å². The van der Waals surface area contributed by atoms with Gasteiger partial charge < -0.3 is 4.98 Å². The highest BCUT2D eigenvalue weighted by atomic mass is 15.2. The van der Waals surface area contributed by atoms with E-state index in [9.17, 15) is 0 Å². The summed E-state index contributed by atoms with van der Waals surface area (Å²) in [5.41, 5.74) is 10.2. The number of fused-ring (bicyclic) bond motifs is 6. The van der Waals surface area contributed by atoms with Crippen LogP contribution in [0.4, 0.5) is 0 Å². The summed E-state index contributed by atoms with van der Waals surface area (Å²) in [6.45, 7) is 6.71. The molecule has 2 aliphatic rings. The van der Waals surface area contributed by atoms with Gasteiger partial charge in [-0.25, -0.2) is 0 Å². The molecule has 1 atom stereocenters. The van der Waals surface area contributed by atoms with Crippen LogP contribution in [-0.2, 0) is 19.4 Å². The van der Waals surface area contributed by atoms with E-state index in [0.717, 1.165) is 13.0 Å². The van der Waals surface area contributed by atoms with Gasteiger partial charge in [0.2, 0.25) is 0 Å². The fraction of sp³-hybridized carbons (Fsp3) is 0.333. The number of aromatic nitrogens is 1. The summed E-state index contributed by atoms with van der Waals surface area (Å²) in [4.78, 5) is 6.23. The lowest BCUT2D eigenvalue weighted by atomic mass is 9.83. The molecule has 1 N–H and O–H groups in total. The lowest BCUT2D eigenvalue weighted by Crippen LogP contribution is -2.39. The molecule has 0 saturated heterocycles. The SMILES string of the molecule is Cc1[nH]c2ccc3c(c2c1C)CN1CCc2ccccc2C1C3. The Morgan fingerprint density at radius 2 is 1.91 bits per heavy atom. The van der Waals surface area contributed by atoms with Gasteiger partial charge in [0.25, 0.3) is 0 Å². The Morgan fingerprint density at radius 3 is 2.83 bits per heavy atom. The summed E-state index contributed by atoms with van der Waals surface area (Å²) in [6, 6.07) is 14.2. The van der Waals surface area contributed by atoms with E-state index < -0.39 is 0 Å². The van der Waals surface area contributed by atoms with Crippen LogP contribution >= 0.6 is 0 Å². The quantitative estimate of drug-likeness (QED) is 0.650. The highest BCUT2D eigenvalue weighted by Gasteiger charge is 2.32. The van der Waals surface area contributed by atoms with Crippen molar-refractivity contribution in [3.8, 4) is 0 Å². The Balaban J connectivity index is 1.67. The molecule has 0 radical (unpaired) electrons. The first-order valence-electron chi connectivity index (χ1n) is 8.64. The summed E-state index contributed by atoms with van der Waals surface area (Å²) in [7, 11) is 0. The molecule has 116 valence electrons. The summed E-state index contributed by atoms with van der Waals surface area (Å²) in [5, 5.41) is 1.47. The molecular formula is C21H22N2. The molecule has 2 aromatic carbocycles. The number of nitrogens with zero attached hydrogens (tertiary/aromatic N) is 1. The van der Waals surface area contributed by atoms with Crippen molar-refractivity contribution in [2.45, 2.75) is 39.3 Å². The lowest BCUT2D eigenvalue weighted by molar-refractivity contribution is 0.162. The van der Waals surface area contributed by atoms with Crippen molar-refractivity contribution in [2.75, 3.05) is 6.54 Å². The summed E-state index contributed by atoms with van der Waals surface area (Å²) in [6.07, 6.45) is 2.33. The van der Waals surface area contributed by atoms with Crippen LogP contribution in [-0.4, -0.2) is 16.4 Å². The highest BCUT2D eigenvalue weighted by Crippen LogP contribution is 2.40. The van der Waals surface area contributed by atoms with E-state index in [1.807, 2.05) is 0 Å². The van der Waals surface area contributed by atoms with E-state index in [1.165, 1.54) is 40.7 Å². The van der Waals surface area contributed by atoms with Gasteiger partial charge in [0, 0.05) is 35.7 Å². The first-order valence-corrected chi connectivity index (χ1v) is 8.64. The van der Waals surface area contributed by atoms with Gasteiger partial charge in [0.1, 0.15) is 0 Å². The fourth-order valence-electron chi connectivity index (χ4n) is 4.62. The van der Waals surface area contributed by atoms with Gasteiger partial charge in [-0.15, -0.1) is 0 Å². The second-order valence-electron chi connectivity index (χ2n) is 7.14. The van der Waals surface area contributed by atoms with Gasteiger partial charge in [-0.1, -0.05) is 30.3 Å². The summed E-state index contributed by atoms with van der Waals surface area (Å²) < 4.78 is 0. The topological polar surface area (TPSA) is 19.0 Å². The Bertz CT molecular complexity index is 919. The van der Waals surface area contributed by atoms with Gasteiger partial charge in [-0.3, -0.25) is 4.90 Å². The Labute approximate surface area is 137 Å². The highest BCUT2D eigenvalue weighted by molar-refractivity contribution is 5.89. The van der Waals surface area contributed by atoms with Crippen LogP contribution in [0.2, 0.25) is 0 Å². The Morgan fingerprint density at radius 1 is 1.04 bits per heavy atom. The zero-order valence-electron chi connectivity index (χ0n) is 13.8. The van der Waals surface area contributed by atoms with Crippen molar-refractivity contribution in [3.05, 3.63) is 69.9 Å². The summed E-state index contributed by atoms with van der Waals surface area (Å²) in [5.74, 6) is 0. The molecule has 0 bridgehead atoms. The van der Waals surface area contributed by atoms with Gasteiger partial charge in [0.05, 0.1) is 0 Å². The van der Waals surface area contributed by atoms with Crippen molar-refractivity contribution in [1.82, 2.24) is 9.88 Å². The van der Waals surface area contributed by atoms with Crippen LogP contribution in [0.3, 0.4) is 0 Å². The molecule has 0 spiro atoms. The number of hydrogen-bond acceptors (Lipinski definition) is 1. The number of benzene rings is 2. The maximum Gasteiger partial charge on any atom is 0.0462 e. The number of aryl methyl sites for hydroxylation is 2. The third kappa shape index (κ3) is 1.85. The predicted molar refractivity (Wildman–Crippen MR) is 94.8 cm³/mol. The molecule has 23 heavy (non-hydrogen) atoms. The first-order chi connectivity index (χ1) is 11.2. The predicted octanol–water partition coefficient (Wildman–Crippen LogP) is 4.44. The van der Waals surface area contributed by atoms with Gasteiger partial charge >= 0.3 is 0 Å². The third-order valence-corrected chi connectivity index (χ3v) is 5.97. The van der Waals surface area contributed by atoms with Crippen molar-refractivity contribution in [1.29, 1.82) is 0 Å². The third-order valence-electron chi connectivity index (χ3n) is 5.97. The lowest BCUT2D eigenvalue weighted by Gasteiger charge is -2.41. The monoisotopic (exact) mass is 302 g/mol. The number of rotatable bonds is 0. The minimum Gasteiger partial charge on any atom is -0.358 e. The average Bonchev–Trinajstić information content (AvgIpc) is 2.88. The second kappa shape index (κ2) is 4.72. The maximum atomic E-state index is 3.55. The molecule has 0 fully saturated rings. The smallest absolute Gasteiger partial charge is 0.0462 e. The van der Waals surface area contributed by atoms with Crippen LogP contribution in [0.15, 0.2) is 36.4 Å². The van der Waals surface area contributed by atoms with Crippen molar-refractivity contribution in [3.63, 3.8) is 0 Å². The second-order valence-corrected chi connectivity index (χ2v) is 7.14. The van der Waals surface area contributed by atoms with E-state index >= 15 is 0 Å². The molecule has 0 saturated carbocycles. The molecule has 2 nitrogen and oxygen atoms in total. The number of H-pyrrole nitrogens is 1. The summed E-state index contributed by atoms with van der Waals surface area (Å²) >= 11 is 0. The minimum atomic E-state index is 0.560. The molecule has 1 unspecified atom stereocenters. The zero-order chi connectivity index (χ0) is 15.6. The maximum absolute atomic E-state index is 3.55. The normalized spacial score (nSPS) is 20.2. The molecule has 1 aromatic heterocycles. The van der Waals surface area contributed by atoms with E-state index in [4.69, 9.17) is 0 Å². The molecule has 0 aliphatic carbocycles. The van der Waals surface area contributed by atoms with Crippen LogP contribution in [0.25, 0.3) is 10.9 Å². The van der Waals surface area contributed by atoms with E-state index in [1.54, 1.807) is 16.7 Å². The Hall–Kier alpha value is -2.06. The molecule has 2 heteroatoms.